The number of hydrogen-bond donors (Lipinski definition) is 1. The first-order valence-corrected chi connectivity index (χ1v) is 7.06. The van der Waals surface area contributed by atoms with Crippen LogP contribution in [0, 0.1) is 0 Å². The van der Waals surface area contributed by atoms with Gasteiger partial charge < -0.3 is 10.2 Å². The highest BCUT2D eigenvalue weighted by Gasteiger charge is 2.19. The first-order valence-electron chi connectivity index (χ1n) is 5.74. The van der Waals surface area contributed by atoms with Crippen LogP contribution in [0.4, 0.5) is 4.79 Å². The first-order chi connectivity index (χ1) is 7.32. The molecule has 1 unspecified atom stereocenters. The fraction of sp³-hybridized carbons (Fsp3) is 0.909. The minimum absolute atomic E-state index is 0.0732. The van der Waals surface area contributed by atoms with Crippen LogP contribution in [0.1, 0.15) is 34.6 Å². The number of rotatable bonds is 5. The number of carbonyl (C=O) groups is 1. The van der Waals surface area contributed by atoms with Gasteiger partial charge >= 0.3 is 6.03 Å². The zero-order chi connectivity index (χ0) is 12.8. The van der Waals surface area contributed by atoms with Gasteiger partial charge in [-0.3, -0.25) is 4.21 Å². The molecule has 0 aromatic carbocycles. The molecular formula is C11H24N2O2S. The van der Waals surface area contributed by atoms with Gasteiger partial charge in [0.05, 0.1) is 0 Å². The Balaban J connectivity index is 3.91. The molecule has 0 aromatic heterocycles. The van der Waals surface area contributed by atoms with Crippen molar-refractivity contribution in [2.75, 3.05) is 25.4 Å². The molecule has 0 bridgehead atoms. The summed E-state index contributed by atoms with van der Waals surface area (Å²) in [6, 6.07) is -0.0732. The Morgan fingerprint density at radius 2 is 1.75 bits per heavy atom. The normalized spacial score (nSPS) is 13.3. The maximum atomic E-state index is 11.7. The van der Waals surface area contributed by atoms with Crippen LogP contribution in [0.15, 0.2) is 0 Å². The van der Waals surface area contributed by atoms with Gasteiger partial charge in [-0.2, -0.15) is 0 Å². The van der Waals surface area contributed by atoms with Crippen molar-refractivity contribution < 1.29 is 9.00 Å². The molecule has 96 valence electrons. The van der Waals surface area contributed by atoms with Crippen LogP contribution in [-0.4, -0.2) is 45.3 Å². The third kappa shape index (κ3) is 5.49. The number of urea groups is 1. The first kappa shape index (κ1) is 15.4. The Morgan fingerprint density at radius 3 is 2.12 bits per heavy atom. The van der Waals surface area contributed by atoms with Gasteiger partial charge in [-0.25, -0.2) is 4.79 Å². The molecule has 1 atom stereocenters. The number of hydrogen-bond acceptors (Lipinski definition) is 2. The number of carbonyl (C=O) groups excluding carboxylic acids is 1. The van der Waals surface area contributed by atoms with Crippen LogP contribution < -0.4 is 5.32 Å². The van der Waals surface area contributed by atoms with Gasteiger partial charge in [-0.1, -0.05) is 0 Å². The van der Waals surface area contributed by atoms with E-state index in [0.29, 0.717) is 25.4 Å². The maximum absolute atomic E-state index is 11.7. The molecule has 16 heavy (non-hydrogen) atoms. The number of nitrogens with one attached hydrogen (secondary N) is 1. The molecule has 0 saturated heterocycles. The molecule has 5 heteroatoms. The summed E-state index contributed by atoms with van der Waals surface area (Å²) in [5.74, 6) is 0.510. The molecule has 0 rings (SSSR count). The third-order valence-corrected chi connectivity index (χ3v) is 4.24. The van der Waals surface area contributed by atoms with Crippen molar-refractivity contribution in [3.63, 3.8) is 0 Å². The number of amides is 2. The highest BCUT2D eigenvalue weighted by Crippen LogP contribution is 2.10. The molecule has 1 N–H and O–H groups in total. The van der Waals surface area contributed by atoms with Crippen LogP contribution in [0.25, 0.3) is 0 Å². The Morgan fingerprint density at radius 1 is 1.25 bits per heavy atom. The SMILES string of the molecule is CCN(CC)C(=O)NCCS(=O)C(C)(C)C. The van der Waals surface area contributed by atoms with E-state index in [-0.39, 0.29) is 10.8 Å². The summed E-state index contributed by atoms with van der Waals surface area (Å²) in [6.45, 7) is 11.6. The summed E-state index contributed by atoms with van der Waals surface area (Å²) >= 11 is 0. The summed E-state index contributed by atoms with van der Waals surface area (Å²) in [5, 5.41) is 2.78. The summed E-state index contributed by atoms with van der Waals surface area (Å²) in [7, 11) is -0.904. The number of nitrogens with zero attached hydrogens (tertiary/aromatic N) is 1. The predicted octanol–water partition coefficient (Wildman–Crippen LogP) is 1.58. The fourth-order valence-electron chi connectivity index (χ4n) is 1.18. The summed E-state index contributed by atoms with van der Waals surface area (Å²) in [4.78, 5) is 13.3. The molecule has 0 fully saturated rings. The lowest BCUT2D eigenvalue weighted by Gasteiger charge is -2.21. The molecule has 0 aliphatic heterocycles. The Labute approximate surface area is 101 Å². The molecular weight excluding hydrogens is 224 g/mol. The minimum Gasteiger partial charge on any atom is -0.337 e. The largest absolute Gasteiger partial charge is 0.337 e. The quantitative estimate of drug-likeness (QED) is 0.803. The Bertz CT molecular complexity index is 245. The van der Waals surface area contributed by atoms with E-state index in [4.69, 9.17) is 0 Å². The van der Waals surface area contributed by atoms with Crippen molar-refractivity contribution >= 4 is 16.8 Å². The van der Waals surface area contributed by atoms with Crippen LogP contribution in [0.3, 0.4) is 0 Å². The van der Waals surface area contributed by atoms with E-state index in [1.807, 2.05) is 34.6 Å². The minimum atomic E-state index is -0.904. The Kier molecular flexibility index (Phi) is 6.64. The van der Waals surface area contributed by atoms with Gasteiger partial charge in [0, 0.05) is 40.9 Å². The summed E-state index contributed by atoms with van der Waals surface area (Å²) < 4.78 is 11.5. The molecule has 0 aromatic rings. The molecule has 2 amide bonds. The van der Waals surface area contributed by atoms with Gasteiger partial charge in [0.2, 0.25) is 0 Å². The summed E-state index contributed by atoms with van der Waals surface area (Å²) in [6.07, 6.45) is 0. The van der Waals surface area contributed by atoms with Crippen molar-refractivity contribution in [2.45, 2.75) is 39.4 Å². The lowest BCUT2D eigenvalue weighted by molar-refractivity contribution is 0.204. The van der Waals surface area contributed by atoms with E-state index in [0.717, 1.165) is 0 Å². The molecule has 0 aliphatic carbocycles. The Hall–Kier alpha value is -0.580. The third-order valence-electron chi connectivity index (χ3n) is 2.30. The second kappa shape index (κ2) is 6.89. The van der Waals surface area contributed by atoms with Crippen molar-refractivity contribution in [1.29, 1.82) is 0 Å². The van der Waals surface area contributed by atoms with Crippen LogP contribution in [0.5, 0.6) is 0 Å². The van der Waals surface area contributed by atoms with Gasteiger partial charge in [-0.05, 0) is 34.6 Å². The zero-order valence-corrected chi connectivity index (χ0v) is 11.8. The molecule has 0 aliphatic rings. The van der Waals surface area contributed by atoms with E-state index in [1.165, 1.54) is 0 Å². The van der Waals surface area contributed by atoms with Crippen molar-refractivity contribution in [1.82, 2.24) is 10.2 Å². The standard InChI is InChI=1S/C11H24N2O2S/c1-6-13(7-2)10(14)12-8-9-16(15)11(3,4)5/h6-9H2,1-5H3,(H,12,14). The fourth-order valence-corrected chi connectivity index (χ4v) is 2.08. The molecule has 0 radical (unpaired) electrons. The van der Waals surface area contributed by atoms with Gasteiger partial charge in [0.25, 0.3) is 0 Å². The molecule has 4 nitrogen and oxygen atoms in total. The molecule has 0 saturated carbocycles. The second-order valence-corrected chi connectivity index (χ2v) is 6.89. The van der Waals surface area contributed by atoms with Gasteiger partial charge in [-0.15, -0.1) is 0 Å². The highest BCUT2D eigenvalue weighted by molar-refractivity contribution is 7.86. The topological polar surface area (TPSA) is 49.4 Å². The maximum Gasteiger partial charge on any atom is 0.317 e. The van der Waals surface area contributed by atoms with Crippen molar-refractivity contribution in [3.05, 3.63) is 0 Å². The van der Waals surface area contributed by atoms with E-state index >= 15 is 0 Å². The zero-order valence-electron chi connectivity index (χ0n) is 11.0. The van der Waals surface area contributed by atoms with Crippen molar-refractivity contribution in [3.8, 4) is 0 Å². The smallest absolute Gasteiger partial charge is 0.317 e. The lowest BCUT2D eigenvalue weighted by atomic mass is 10.3. The van der Waals surface area contributed by atoms with Crippen LogP contribution in [-0.2, 0) is 10.8 Å². The molecule has 0 heterocycles. The van der Waals surface area contributed by atoms with Crippen LogP contribution in [0.2, 0.25) is 0 Å². The summed E-state index contributed by atoms with van der Waals surface area (Å²) in [5.41, 5.74) is 0. The van der Waals surface area contributed by atoms with E-state index in [2.05, 4.69) is 5.32 Å². The average molecular weight is 248 g/mol. The van der Waals surface area contributed by atoms with Crippen LogP contribution >= 0.6 is 0 Å². The highest BCUT2D eigenvalue weighted by atomic mass is 32.2. The monoisotopic (exact) mass is 248 g/mol. The van der Waals surface area contributed by atoms with Gasteiger partial charge in [0.15, 0.2) is 0 Å². The van der Waals surface area contributed by atoms with E-state index in [1.54, 1.807) is 4.90 Å². The lowest BCUT2D eigenvalue weighted by Crippen LogP contribution is -2.41. The average Bonchev–Trinajstić information content (AvgIpc) is 2.18. The van der Waals surface area contributed by atoms with Crippen molar-refractivity contribution in [2.24, 2.45) is 0 Å². The van der Waals surface area contributed by atoms with E-state index < -0.39 is 10.8 Å². The predicted molar refractivity (Wildman–Crippen MR) is 69.1 cm³/mol. The molecule has 0 spiro atoms. The van der Waals surface area contributed by atoms with E-state index in [9.17, 15) is 9.00 Å². The van der Waals surface area contributed by atoms with Gasteiger partial charge in [0.1, 0.15) is 0 Å². The second-order valence-electron chi connectivity index (χ2n) is 4.57.